The predicted molar refractivity (Wildman–Crippen MR) is 90.1 cm³/mol. The third kappa shape index (κ3) is 4.48. The topological polar surface area (TPSA) is 44.1 Å². The summed E-state index contributed by atoms with van der Waals surface area (Å²) >= 11 is 5.05. The van der Waals surface area contributed by atoms with Crippen LogP contribution in [0.5, 0.6) is 0 Å². The lowest BCUT2D eigenvalue weighted by Crippen LogP contribution is -2.26. The van der Waals surface area contributed by atoms with Crippen molar-refractivity contribution in [3.05, 3.63) is 24.3 Å². The van der Waals surface area contributed by atoms with E-state index >= 15 is 0 Å². The molecule has 0 bridgehead atoms. The maximum Gasteiger partial charge on any atom is 0.326 e. The molecule has 4 nitrogen and oxygen atoms in total. The molecule has 21 heavy (non-hydrogen) atoms. The molecule has 1 aromatic carbocycles. The lowest BCUT2D eigenvalue weighted by molar-refractivity contribution is -0.155. The number of para-hydroxylation sites is 2. The fourth-order valence-corrected chi connectivity index (χ4v) is 3.18. The average Bonchev–Trinajstić information content (AvgIpc) is 2.72. The number of fused-ring (bicyclic) bond motifs is 1. The SMILES string of the molecule is CC(C)(C)OC(=O)Cn1c(SCCBr)nc2ccccc21. The van der Waals surface area contributed by atoms with Gasteiger partial charge in [0.25, 0.3) is 0 Å². The van der Waals surface area contributed by atoms with Gasteiger partial charge in [0.2, 0.25) is 0 Å². The molecule has 0 fully saturated rings. The molecule has 0 N–H and O–H groups in total. The van der Waals surface area contributed by atoms with E-state index < -0.39 is 5.60 Å². The van der Waals surface area contributed by atoms with Crippen LogP contribution in [0.3, 0.4) is 0 Å². The lowest BCUT2D eigenvalue weighted by atomic mass is 10.2. The molecule has 114 valence electrons. The Morgan fingerprint density at radius 1 is 1.38 bits per heavy atom. The number of thioether (sulfide) groups is 1. The van der Waals surface area contributed by atoms with Crippen molar-refractivity contribution in [1.29, 1.82) is 0 Å². The molecule has 2 rings (SSSR count). The number of esters is 1. The second kappa shape index (κ2) is 6.83. The fraction of sp³-hybridized carbons (Fsp3) is 0.467. The fourth-order valence-electron chi connectivity index (χ4n) is 1.95. The molecule has 0 aliphatic rings. The summed E-state index contributed by atoms with van der Waals surface area (Å²) in [5, 5.41) is 1.73. The van der Waals surface area contributed by atoms with Crippen LogP contribution in [0.25, 0.3) is 11.0 Å². The maximum atomic E-state index is 12.1. The first kappa shape index (κ1) is 16.4. The molecule has 0 saturated carbocycles. The van der Waals surface area contributed by atoms with Crippen LogP contribution in [0.4, 0.5) is 0 Å². The van der Waals surface area contributed by atoms with Crippen LogP contribution in [-0.2, 0) is 16.1 Å². The van der Waals surface area contributed by atoms with Crippen LogP contribution < -0.4 is 0 Å². The number of nitrogens with zero attached hydrogens (tertiary/aromatic N) is 2. The second-order valence-electron chi connectivity index (χ2n) is 5.59. The first-order valence-electron chi connectivity index (χ1n) is 6.76. The number of benzene rings is 1. The van der Waals surface area contributed by atoms with Crippen LogP contribution >= 0.6 is 27.7 Å². The Bertz CT molecular complexity index is 634. The molecule has 6 heteroatoms. The third-order valence-corrected chi connectivity index (χ3v) is 4.53. The highest BCUT2D eigenvalue weighted by Crippen LogP contribution is 2.24. The van der Waals surface area contributed by atoms with E-state index in [-0.39, 0.29) is 12.5 Å². The summed E-state index contributed by atoms with van der Waals surface area (Å²) in [5.74, 6) is 0.656. The van der Waals surface area contributed by atoms with Crippen LogP contribution in [0.2, 0.25) is 0 Å². The van der Waals surface area contributed by atoms with E-state index in [1.54, 1.807) is 11.8 Å². The summed E-state index contributed by atoms with van der Waals surface area (Å²) in [4.78, 5) is 16.7. The van der Waals surface area contributed by atoms with Crippen molar-refractivity contribution in [2.45, 2.75) is 38.1 Å². The standard InChI is InChI=1S/C15H19BrN2O2S/c1-15(2,3)20-13(19)10-18-12-7-5-4-6-11(12)17-14(18)21-9-8-16/h4-7H,8-10H2,1-3H3. The Morgan fingerprint density at radius 3 is 2.76 bits per heavy atom. The molecular formula is C15H19BrN2O2S. The van der Waals surface area contributed by atoms with Crippen LogP contribution in [-0.4, -0.2) is 32.2 Å². The summed E-state index contributed by atoms with van der Waals surface area (Å²) in [6.45, 7) is 5.80. The van der Waals surface area contributed by atoms with E-state index in [1.807, 2.05) is 49.6 Å². The summed E-state index contributed by atoms with van der Waals surface area (Å²) in [7, 11) is 0. The minimum atomic E-state index is -0.476. The van der Waals surface area contributed by atoms with Gasteiger partial charge in [-0.1, -0.05) is 39.8 Å². The molecule has 0 saturated heterocycles. The van der Waals surface area contributed by atoms with Gasteiger partial charge in [0, 0.05) is 11.1 Å². The zero-order chi connectivity index (χ0) is 15.5. The molecule has 1 heterocycles. The molecule has 0 unspecified atom stereocenters. The Labute approximate surface area is 137 Å². The quantitative estimate of drug-likeness (QED) is 0.455. The molecule has 0 atom stereocenters. The maximum absolute atomic E-state index is 12.1. The molecule has 0 spiro atoms. The zero-order valence-electron chi connectivity index (χ0n) is 12.4. The number of halogens is 1. The van der Waals surface area contributed by atoms with Gasteiger partial charge >= 0.3 is 5.97 Å². The van der Waals surface area contributed by atoms with E-state index in [0.717, 1.165) is 27.3 Å². The Morgan fingerprint density at radius 2 is 2.10 bits per heavy atom. The van der Waals surface area contributed by atoms with Gasteiger partial charge in [-0.25, -0.2) is 4.98 Å². The normalized spacial score (nSPS) is 11.8. The Hall–Kier alpha value is -1.01. The van der Waals surface area contributed by atoms with Gasteiger partial charge in [-0.15, -0.1) is 0 Å². The minimum Gasteiger partial charge on any atom is -0.459 e. The van der Waals surface area contributed by atoms with E-state index in [1.165, 1.54) is 0 Å². The van der Waals surface area contributed by atoms with Crippen molar-refractivity contribution in [3.8, 4) is 0 Å². The summed E-state index contributed by atoms with van der Waals surface area (Å²) in [5.41, 5.74) is 1.38. The van der Waals surface area contributed by atoms with Gasteiger partial charge in [0.05, 0.1) is 11.0 Å². The monoisotopic (exact) mass is 370 g/mol. The number of rotatable bonds is 5. The van der Waals surface area contributed by atoms with Gasteiger partial charge in [0.15, 0.2) is 5.16 Å². The minimum absolute atomic E-state index is 0.183. The number of aromatic nitrogens is 2. The predicted octanol–water partition coefficient (Wildman–Crippen LogP) is 3.87. The van der Waals surface area contributed by atoms with E-state index in [0.29, 0.717) is 0 Å². The first-order chi connectivity index (χ1) is 9.90. The van der Waals surface area contributed by atoms with Gasteiger partial charge in [-0.05, 0) is 32.9 Å². The molecule has 0 amide bonds. The number of ether oxygens (including phenoxy) is 1. The highest BCUT2D eigenvalue weighted by atomic mass is 79.9. The van der Waals surface area contributed by atoms with Crippen molar-refractivity contribution in [3.63, 3.8) is 0 Å². The van der Waals surface area contributed by atoms with Gasteiger partial charge in [-0.2, -0.15) is 0 Å². The summed E-state index contributed by atoms with van der Waals surface area (Å²) < 4.78 is 7.34. The van der Waals surface area contributed by atoms with Gasteiger partial charge < -0.3 is 9.30 Å². The van der Waals surface area contributed by atoms with Gasteiger partial charge in [-0.3, -0.25) is 4.79 Å². The summed E-state index contributed by atoms with van der Waals surface area (Å²) in [6.07, 6.45) is 0. The third-order valence-electron chi connectivity index (χ3n) is 2.64. The van der Waals surface area contributed by atoms with Crippen LogP contribution in [0.15, 0.2) is 29.4 Å². The number of alkyl halides is 1. The lowest BCUT2D eigenvalue weighted by Gasteiger charge is -2.20. The highest BCUT2D eigenvalue weighted by molar-refractivity contribution is 9.09. The van der Waals surface area contributed by atoms with E-state index in [2.05, 4.69) is 20.9 Å². The van der Waals surface area contributed by atoms with Crippen molar-refractivity contribution in [2.75, 3.05) is 11.1 Å². The number of hydrogen-bond donors (Lipinski definition) is 0. The number of hydrogen-bond acceptors (Lipinski definition) is 4. The number of imidazole rings is 1. The molecule has 0 radical (unpaired) electrons. The van der Waals surface area contributed by atoms with Crippen LogP contribution in [0.1, 0.15) is 20.8 Å². The summed E-state index contributed by atoms with van der Waals surface area (Å²) in [6, 6.07) is 7.84. The molecule has 0 aliphatic carbocycles. The number of carbonyl (C=O) groups excluding carboxylic acids is 1. The van der Waals surface area contributed by atoms with Crippen molar-refractivity contribution < 1.29 is 9.53 Å². The van der Waals surface area contributed by atoms with E-state index in [9.17, 15) is 4.79 Å². The smallest absolute Gasteiger partial charge is 0.326 e. The van der Waals surface area contributed by atoms with Gasteiger partial charge in [0.1, 0.15) is 12.1 Å². The largest absolute Gasteiger partial charge is 0.459 e. The van der Waals surface area contributed by atoms with Crippen molar-refractivity contribution >= 4 is 44.7 Å². The van der Waals surface area contributed by atoms with Crippen molar-refractivity contribution in [2.24, 2.45) is 0 Å². The van der Waals surface area contributed by atoms with E-state index in [4.69, 9.17) is 4.74 Å². The molecule has 1 aromatic heterocycles. The molecular weight excluding hydrogens is 352 g/mol. The zero-order valence-corrected chi connectivity index (χ0v) is 14.8. The molecule has 0 aliphatic heterocycles. The average molecular weight is 371 g/mol. The first-order valence-corrected chi connectivity index (χ1v) is 8.87. The van der Waals surface area contributed by atoms with Crippen LogP contribution in [0, 0.1) is 0 Å². The second-order valence-corrected chi connectivity index (χ2v) is 7.45. The molecule has 2 aromatic rings. The highest BCUT2D eigenvalue weighted by Gasteiger charge is 2.19. The number of carbonyl (C=O) groups is 1. The van der Waals surface area contributed by atoms with Crippen molar-refractivity contribution in [1.82, 2.24) is 9.55 Å². The Kier molecular flexibility index (Phi) is 5.32. The Balaban J connectivity index is 2.29.